The van der Waals surface area contributed by atoms with Gasteiger partial charge >= 0.3 is 6.03 Å². The van der Waals surface area contributed by atoms with Crippen LogP contribution in [0.3, 0.4) is 0 Å². The molecule has 9 heteroatoms. The molecule has 27 heavy (non-hydrogen) atoms. The van der Waals surface area contributed by atoms with Gasteiger partial charge in [0.2, 0.25) is 0 Å². The minimum absolute atomic E-state index is 0.336. The maximum absolute atomic E-state index is 12.4. The number of carbonyl (C=O) groups excluding carboxylic acids is 2. The number of rotatable bonds is 8. The van der Waals surface area contributed by atoms with Gasteiger partial charge in [0.1, 0.15) is 18.5 Å². The fourth-order valence-electron chi connectivity index (χ4n) is 3.14. The Labute approximate surface area is 158 Å². The zero-order valence-electron chi connectivity index (χ0n) is 15.6. The maximum atomic E-state index is 12.4. The summed E-state index contributed by atoms with van der Waals surface area (Å²) in [7, 11) is 3.30. The van der Waals surface area contributed by atoms with Crippen molar-refractivity contribution in [3.63, 3.8) is 0 Å². The van der Waals surface area contributed by atoms with Gasteiger partial charge in [-0.25, -0.2) is 4.79 Å². The fraction of sp³-hybridized carbons (Fsp3) is 0.500. The number of aliphatic imine (C=N–C) groups is 1. The highest BCUT2D eigenvalue weighted by Crippen LogP contribution is 2.20. The van der Waals surface area contributed by atoms with Crippen LogP contribution in [0.4, 0.5) is 4.79 Å². The largest absolute Gasteiger partial charge is 0.492 e. The molecule has 2 heterocycles. The van der Waals surface area contributed by atoms with Crippen LogP contribution in [0.15, 0.2) is 35.3 Å². The summed E-state index contributed by atoms with van der Waals surface area (Å²) in [4.78, 5) is 32.3. The lowest BCUT2D eigenvalue weighted by Crippen LogP contribution is -2.65. The third-order valence-electron chi connectivity index (χ3n) is 4.53. The molecule has 2 atom stereocenters. The molecule has 0 saturated carbocycles. The van der Waals surface area contributed by atoms with Gasteiger partial charge in [-0.05, 0) is 18.6 Å². The van der Waals surface area contributed by atoms with Crippen molar-refractivity contribution in [2.45, 2.75) is 18.6 Å². The van der Waals surface area contributed by atoms with Crippen molar-refractivity contribution in [3.8, 4) is 5.75 Å². The van der Waals surface area contributed by atoms with Crippen molar-refractivity contribution in [1.29, 1.82) is 0 Å². The molecule has 3 rings (SSSR count). The van der Waals surface area contributed by atoms with E-state index in [9.17, 15) is 9.59 Å². The number of urea groups is 1. The van der Waals surface area contributed by atoms with Crippen molar-refractivity contribution in [1.82, 2.24) is 20.4 Å². The van der Waals surface area contributed by atoms with Gasteiger partial charge in [-0.15, -0.1) is 0 Å². The molecular formula is C18H25N5O4. The van der Waals surface area contributed by atoms with E-state index in [1.165, 1.54) is 4.90 Å². The van der Waals surface area contributed by atoms with E-state index in [1.54, 1.807) is 14.2 Å². The Bertz CT molecular complexity index is 696. The average molecular weight is 375 g/mol. The second-order valence-corrected chi connectivity index (χ2v) is 6.35. The topological polar surface area (TPSA) is 95.5 Å². The number of amides is 3. The molecule has 2 saturated heterocycles. The van der Waals surface area contributed by atoms with Crippen LogP contribution in [0.25, 0.3) is 0 Å². The fourth-order valence-corrected chi connectivity index (χ4v) is 3.14. The Morgan fingerprint density at radius 2 is 1.96 bits per heavy atom. The predicted octanol–water partition coefficient (Wildman–Crippen LogP) is 0.239. The number of nitrogens with one attached hydrogen (secondary N) is 2. The van der Waals surface area contributed by atoms with Crippen LogP contribution in [0.1, 0.15) is 6.42 Å². The SMILES string of the molecule is COCCCN=C1NC2C(C(=O)NC(=O)N2C)N1CCOc1ccccc1. The Morgan fingerprint density at radius 1 is 1.19 bits per heavy atom. The number of likely N-dealkylation sites (N-methyl/N-ethyl adjacent to an activating group) is 1. The molecule has 0 radical (unpaired) electrons. The smallest absolute Gasteiger partial charge is 0.325 e. The molecular weight excluding hydrogens is 350 g/mol. The number of methoxy groups -OCH3 is 1. The van der Waals surface area contributed by atoms with Gasteiger partial charge in [-0.2, -0.15) is 0 Å². The van der Waals surface area contributed by atoms with Gasteiger partial charge < -0.3 is 24.6 Å². The Balaban J connectivity index is 1.70. The quantitative estimate of drug-likeness (QED) is 0.632. The number of ether oxygens (including phenoxy) is 2. The van der Waals surface area contributed by atoms with E-state index >= 15 is 0 Å². The minimum Gasteiger partial charge on any atom is -0.492 e. The number of hydrogen-bond donors (Lipinski definition) is 2. The molecule has 0 aliphatic carbocycles. The van der Waals surface area contributed by atoms with Gasteiger partial charge in [0.25, 0.3) is 5.91 Å². The molecule has 0 aromatic heterocycles. The lowest BCUT2D eigenvalue weighted by atomic mass is 10.1. The summed E-state index contributed by atoms with van der Waals surface area (Å²) in [5.41, 5.74) is 0. The molecule has 0 bridgehead atoms. The van der Waals surface area contributed by atoms with Gasteiger partial charge in [0.05, 0.1) is 6.54 Å². The van der Waals surface area contributed by atoms with Crippen molar-refractivity contribution >= 4 is 17.9 Å². The molecule has 9 nitrogen and oxygen atoms in total. The molecule has 2 aliphatic rings. The van der Waals surface area contributed by atoms with Crippen LogP contribution >= 0.6 is 0 Å². The summed E-state index contributed by atoms with van der Waals surface area (Å²) in [6, 6.07) is 8.52. The van der Waals surface area contributed by atoms with Crippen LogP contribution in [0.2, 0.25) is 0 Å². The number of carbonyl (C=O) groups is 2. The molecule has 2 unspecified atom stereocenters. The second kappa shape index (κ2) is 8.72. The number of fused-ring (bicyclic) bond motifs is 1. The summed E-state index contributed by atoms with van der Waals surface area (Å²) in [5, 5.41) is 5.59. The summed E-state index contributed by atoms with van der Waals surface area (Å²) in [5.74, 6) is 1.02. The van der Waals surface area contributed by atoms with Crippen LogP contribution in [-0.2, 0) is 9.53 Å². The summed E-state index contributed by atoms with van der Waals surface area (Å²) in [6.07, 6.45) is 0.316. The van der Waals surface area contributed by atoms with Gasteiger partial charge in [0.15, 0.2) is 12.0 Å². The number of benzene rings is 1. The first-order valence-electron chi connectivity index (χ1n) is 8.94. The lowest BCUT2D eigenvalue weighted by molar-refractivity contribution is -0.127. The first-order chi connectivity index (χ1) is 13.1. The standard InChI is InChI=1S/C18H25N5O4/c1-22-15-14(16(24)21-18(22)25)23(17(20-15)19-9-6-11-26-2)10-12-27-13-7-4-3-5-8-13/h3-5,7-8,14-15H,6,9-12H2,1-2H3,(H,19,20)(H,21,24,25). The number of para-hydroxylation sites is 1. The third-order valence-corrected chi connectivity index (χ3v) is 4.53. The highest BCUT2D eigenvalue weighted by atomic mass is 16.5. The molecule has 146 valence electrons. The Morgan fingerprint density at radius 3 is 2.70 bits per heavy atom. The van der Waals surface area contributed by atoms with Crippen LogP contribution < -0.4 is 15.4 Å². The van der Waals surface area contributed by atoms with Gasteiger partial charge in [0, 0.05) is 27.3 Å². The lowest BCUT2D eigenvalue weighted by Gasteiger charge is -2.35. The van der Waals surface area contributed by atoms with E-state index in [0.717, 1.165) is 12.2 Å². The normalized spacial score (nSPS) is 23.3. The minimum atomic E-state index is -0.548. The second-order valence-electron chi connectivity index (χ2n) is 6.35. The number of nitrogens with zero attached hydrogens (tertiary/aromatic N) is 3. The van der Waals surface area contributed by atoms with E-state index < -0.39 is 18.2 Å². The molecule has 1 aromatic rings. The van der Waals surface area contributed by atoms with Crippen molar-refractivity contribution < 1.29 is 19.1 Å². The Hall–Kier alpha value is -2.81. The monoisotopic (exact) mass is 375 g/mol. The number of hydrogen-bond acceptors (Lipinski definition) is 5. The molecule has 2 aliphatic heterocycles. The van der Waals surface area contributed by atoms with Crippen LogP contribution in [-0.4, -0.2) is 80.4 Å². The highest BCUT2D eigenvalue weighted by molar-refractivity contribution is 6.04. The van der Waals surface area contributed by atoms with Crippen molar-refractivity contribution in [2.75, 3.05) is 40.5 Å². The van der Waals surface area contributed by atoms with Crippen LogP contribution in [0.5, 0.6) is 5.75 Å². The van der Waals surface area contributed by atoms with Crippen LogP contribution in [0, 0.1) is 0 Å². The summed E-state index contributed by atoms with van der Waals surface area (Å²) < 4.78 is 10.8. The van der Waals surface area contributed by atoms with Crippen molar-refractivity contribution in [2.24, 2.45) is 4.99 Å². The maximum Gasteiger partial charge on any atom is 0.325 e. The Kier molecular flexibility index (Phi) is 6.12. The molecule has 2 N–H and O–H groups in total. The predicted molar refractivity (Wildman–Crippen MR) is 99.5 cm³/mol. The molecule has 1 aromatic carbocycles. The van der Waals surface area contributed by atoms with Gasteiger partial charge in [-0.3, -0.25) is 15.1 Å². The van der Waals surface area contributed by atoms with E-state index in [-0.39, 0.29) is 5.91 Å². The van der Waals surface area contributed by atoms with Gasteiger partial charge in [-0.1, -0.05) is 18.2 Å². The third kappa shape index (κ3) is 4.30. The first-order valence-corrected chi connectivity index (χ1v) is 8.94. The van der Waals surface area contributed by atoms with Crippen molar-refractivity contribution in [3.05, 3.63) is 30.3 Å². The molecule has 0 spiro atoms. The molecule has 3 amide bonds. The van der Waals surface area contributed by atoms with E-state index in [2.05, 4.69) is 15.6 Å². The van der Waals surface area contributed by atoms with E-state index in [1.807, 2.05) is 35.2 Å². The van der Waals surface area contributed by atoms with E-state index in [4.69, 9.17) is 9.47 Å². The van der Waals surface area contributed by atoms with E-state index in [0.29, 0.717) is 32.3 Å². The number of imide groups is 1. The number of guanidine groups is 1. The summed E-state index contributed by atoms with van der Waals surface area (Å²) >= 11 is 0. The summed E-state index contributed by atoms with van der Waals surface area (Å²) in [6.45, 7) is 2.02. The first kappa shape index (κ1) is 19.0. The average Bonchev–Trinajstić information content (AvgIpc) is 3.03. The zero-order valence-corrected chi connectivity index (χ0v) is 15.6. The molecule has 2 fully saturated rings. The zero-order chi connectivity index (χ0) is 19.2. The highest BCUT2D eigenvalue weighted by Gasteiger charge is 2.49.